The molecule has 0 spiro atoms. The summed E-state index contributed by atoms with van der Waals surface area (Å²) in [5.41, 5.74) is 1.61. The Balaban J connectivity index is 1.86. The largest absolute Gasteiger partial charge is 0.494 e. The second-order valence-electron chi connectivity index (χ2n) is 5.95. The van der Waals surface area contributed by atoms with Gasteiger partial charge in [-0.05, 0) is 61.9 Å². The van der Waals surface area contributed by atoms with Crippen molar-refractivity contribution >= 4 is 29.2 Å². The highest BCUT2D eigenvalue weighted by Gasteiger charge is 2.09. The molecule has 0 unspecified atom stereocenters. The topological polar surface area (TPSA) is 93.7 Å². The zero-order valence-corrected chi connectivity index (χ0v) is 16.0. The highest BCUT2D eigenvalue weighted by atomic mass is 16.5. The van der Waals surface area contributed by atoms with Gasteiger partial charge in [0.15, 0.2) is 6.61 Å². The molecule has 0 aliphatic heterocycles. The fraction of sp³-hybridized carbons (Fsp3) is 0.286. The number of hydrogen-bond acceptors (Lipinski definition) is 5. The molecular formula is C21H24N2O5. The predicted octanol–water partition coefficient (Wildman–Crippen LogP) is 3.62. The fourth-order valence-electron chi connectivity index (χ4n) is 2.33. The fourth-order valence-corrected chi connectivity index (χ4v) is 2.33. The standard InChI is InChI=1S/C21H24N2O5/c1-3-5-20(25)28-14-19(24)22-16-8-6-15(7-9-16)21(26)23-17-10-12-18(13-11-17)27-4-2/h6-13H,3-5,14H2,1-2H3,(H,22,24)(H,23,26). The second kappa shape index (κ2) is 10.7. The van der Waals surface area contributed by atoms with Crippen molar-refractivity contribution in [3.05, 3.63) is 54.1 Å². The first-order valence-corrected chi connectivity index (χ1v) is 9.11. The molecule has 0 fully saturated rings. The average molecular weight is 384 g/mol. The number of ether oxygens (including phenoxy) is 2. The molecule has 7 nitrogen and oxygen atoms in total. The summed E-state index contributed by atoms with van der Waals surface area (Å²) < 4.78 is 10.2. The van der Waals surface area contributed by atoms with Gasteiger partial charge in [-0.2, -0.15) is 0 Å². The third kappa shape index (κ3) is 6.75. The number of benzene rings is 2. The van der Waals surface area contributed by atoms with Crippen LogP contribution in [0.4, 0.5) is 11.4 Å². The van der Waals surface area contributed by atoms with Crippen LogP contribution in [-0.2, 0) is 14.3 Å². The van der Waals surface area contributed by atoms with Crippen LogP contribution in [0.3, 0.4) is 0 Å². The van der Waals surface area contributed by atoms with Crippen molar-refractivity contribution in [3.8, 4) is 5.75 Å². The van der Waals surface area contributed by atoms with Gasteiger partial charge in [-0.15, -0.1) is 0 Å². The lowest BCUT2D eigenvalue weighted by molar-refractivity contribution is -0.147. The zero-order valence-electron chi connectivity index (χ0n) is 16.0. The first-order valence-electron chi connectivity index (χ1n) is 9.11. The molecule has 7 heteroatoms. The number of esters is 1. The van der Waals surface area contributed by atoms with Gasteiger partial charge in [0.1, 0.15) is 5.75 Å². The van der Waals surface area contributed by atoms with Crippen molar-refractivity contribution in [2.24, 2.45) is 0 Å². The molecule has 2 aromatic carbocycles. The number of carbonyl (C=O) groups is 3. The Morgan fingerprint density at radius 2 is 1.46 bits per heavy atom. The smallest absolute Gasteiger partial charge is 0.306 e. The lowest BCUT2D eigenvalue weighted by atomic mass is 10.2. The van der Waals surface area contributed by atoms with E-state index in [0.29, 0.717) is 30.0 Å². The van der Waals surface area contributed by atoms with E-state index in [1.807, 2.05) is 13.8 Å². The lowest BCUT2D eigenvalue weighted by Crippen LogP contribution is -2.20. The van der Waals surface area contributed by atoms with Gasteiger partial charge in [-0.1, -0.05) is 6.92 Å². The van der Waals surface area contributed by atoms with E-state index >= 15 is 0 Å². The van der Waals surface area contributed by atoms with Crippen LogP contribution in [0, 0.1) is 0 Å². The molecule has 0 radical (unpaired) electrons. The molecule has 0 bridgehead atoms. The molecular weight excluding hydrogens is 360 g/mol. The quantitative estimate of drug-likeness (QED) is 0.644. The number of nitrogens with one attached hydrogen (secondary N) is 2. The number of carbonyl (C=O) groups excluding carboxylic acids is 3. The second-order valence-corrected chi connectivity index (χ2v) is 5.95. The summed E-state index contributed by atoms with van der Waals surface area (Å²) in [6.45, 7) is 4.00. The molecule has 148 valence electrons. The molecule has 0 atom stereocenters. The number of hydrogen-bond donors (Lipinski definition) is 2. The van der Waals surface area contributed by atoms with Crippen LogP contribution in [0.1, 0.15) is 37.0 Å². The average Bonchev–Trinajstić information content (AvgIpc) is 2.69. The van der Waals surface area contributed by atoms with Gasteiger partial charge < -0.3 is 20.1 Å². The summed E-state index contributed by atoms with van der Waals surface area (Å²) in [5, 5.41) is 5.40. The third-order valence-electron chi connectivity index (χ3n) is 3.67. The summed E-state index contributed by atoms with van der Waals surface area (Å²) in [7, 11) is 0. The Labute approximate surface area is 164 Å². The highest BCUT2D eigenvalue weighted by molar-refractivity contribution is 6.04. The van der Waals surface area contributed by atoms with E-state index in [9.17, 15) is 14.4 Å². The van der Waals surface area contributed by atoms with E-state index in [4.69, 9.17) is 9.47 Å². The van der Waals surface area contributed by atoms with Crippen LogP contribution in [0.25, 0.3) is 0 Å². The summed E-state index contributed by atoms with van der Waals surface area (Å²) in [6, 6.07) is 13.5. The minimum atomic E-state index is -0.434. The van der Waals surface area contributed by atoms with Gasteiger partial charge in [-0.25, -0.2) is 0 Å². The van der Waals surface area contributed by atoms with E-state index in [2.05, 4.69) is 10.6 Å². The van der Waals surface area contributed by atoms with Gasteiger partial charge >= 0.3 is 5.97 Å². The Kier molecular flexibility index (Phi) is 8.02. The monoisotopic (exact) mass is 384 g/mol. The van der Waals surface area contributed by atoms with Gasteiger partial charge in [0.2, 0.25) is 0 Å². The molecule has 2 N–H and O–H groups in total. The Bertz CT molecular complexity index is 801. The summed E-state index contributed by atoms with van der Waals surface area (Å²) in [4.78, 5) is 35.4. The molecule has 0 aliphatic carbocycles. The van der Waals surface area contributed by atoms with Crippen LogP contribution in [-0.4, -0.2) is 31.0 Å². The van der Waals surface area contributed by atoms with Crippen LogP contribution >= 0.6 is 0 Å². The normalized spacial score (nSPS) is 10.1. The van der Waals surface area contributed by atoms with Crippen molar-refractivity contribution in [1.82, 2.24) is 0 Å². The van der Waals surface area contributed by atoms with Crippen molar-refractivity contribution in [1.29, 1.82) is 0 Å². The first kappa shape index (κ1) is 21.0. The number of rotatable bonds is 9. The van der Waals surface area contributed by atoms with E-state index < -0.39 is 11.9 Å². The van der Waals surface area contributed by atoms with Gasteiger partial charge in [0.05, 0.1) is 6.61 Å². The van der Waals surface area contributed by atoms with E-state index in [1.54, 1.807) is 48.5 Å². The van der Waals surface area contributed by atoms with Crippen molar-refractivity contribution in [2.45, 2.75) is 26.7 Å². The van der Waals surface area contributed by atoms with E-state index in [0.717, 1.165) is 5.75 Å². The molecule has 0 aliphatic rings. The van der Waals surface area contributed by atoms with Gasteiger partial charge in [0.25, 0.3) is 11.8 Å². The molecule has 0 saturated heterocycles. The predicted molar refractivity (Wildman–Crippen MR) is 107 cm³/mol. The number of amides is 2. The maximum absolute atomic E-state index is 12.3. The number of anilines is 2. The third-order valence-corrected chi connectivity index (χ3v) is 3.67. The molecule has 0 aromatic heterocycles. The maximum Gasteiger partial charge on any atom is 0.306 e. The van der Waals surface area contributed by atoms with E-state index in [1.165, 1.54) is 0 Å². The van der Waals surface area contributed by atoms with Crippen molar-refractivity contribution in [3.63, 3.8) is 0 Å². The van der Waals surface area contributed by atoms with Crippen LogP contribution in [0.5, 0.6) is 5.75 Å². The van der Waals surface area contributed by atoms with Crippen molar-refractivity contribution in [2.75, 3.05) is 23.8 Å². The lowest BCUT2D eigenvalue weighted by Gasteiger charge is -2.09. The van der Waals surface area contributed by atoms with E-state index in [-0.39, 0.29) is 18.9 Å². The highest BCUT2D eigenvalue weighted by Crippen LogP contribution is 2.17. The minimum absolute atomic E-state index is 0.268. The van der Waals surface area contributed by atoms with Crippen molar-refractivity contribution < 1.29 is 23.9 Å². The Hall–Kier alpha value is -3.35. The summed E-state index contributed by atoms with van der Waals surface area (Å²) in [6.07, 6.45) is 0.950. The summed E-state index contributed by atoms with van der Waals surface area (Å²) in [5.74, 6) is -0.369. The molecule has 2 aromatic rings. The van der Waals surface area contributed by atoms with Crippen LogP contribution in [0.2, 0.25) is 0 Å². The molecule has 2 rings (SSSR count). The van der Waals surface area contributed by atoms with Gasteiger partial charge in [-0.3, -0.25) is 14.4 Å². The molecule has 2 amide bonds. The molecule has 0 heterocycles. The molecule has 0 saturated carbocycles. The molecule has 28 heavy (non-hydrogen) atoms. The first-order chi connectivity index (χ1) is 13.5. The summed E-state index contributed by atoms with van der Waals surface area (Å²) >= 11 is 0. The minimum Gasteiger partial charge on any atom is -0.494 e. The SMILES string of the molecule is CCCC(=O)OCC(=O)Nc1ccc(C(=O)Nc2ccc(OCC)cc2)cc1. The zero-order chi connectivity index (χ0) is 20.4. The van der Waals surface area contributed by atoms with Crippen LogP contribution in [0.15, 0.2) is 48.5 Å². The van der Waals surface area contributed by atoms with Crippen LogP contribution < -0.4 is 15.4 Å². The Morgan fingerprint density at radius 1 is 0.857 bits per heavy atom. The Morgan fingerprint density at radius 3 is 2.07 bits per heavy atom. The van der Waals surface area contributed by atoms with Gasteiger partial charge in [0, 0.05) is 23.4 Å². The maximum atomic E-state index is 12.3.